The summed E-state index contributed by atoms with van der Waals surface area (Å²) in [6, 6.07) is 4.27. The summed E-state index contributed by atoms with van der Waals surface area (Å²) in [6.07, 6.45) is 0.666. The second kappa shape index (κ2) is 6.35. The van der Waals surface area contributed by atoms with Crippen LogP contribution in [0.1, 0.15) is 23.7 Å². The van der Waals surface area contributed by atoms with E-state index in [9.17, 15) is 9.18 Å². The molecular formula is C13H19FN2O2. The topological polar surface area (TPSA) is 55.6 Å². The van der Waals surface area contributed by atoms with E-state index in [2.05, 4.69) is 0 Å². The molecule has 1 aromatic carbocycles. The van der Waals surface area contributed by atoms with Gasteiger partial charge in [0.15, 0.2) is 0 Å². The molecule has 0 saturated carbocycles. The SMILES string of the molecule is COc1cccc(F)c1C(=O)N(C)C(C)CCN. The number of benzene rings is 1. The van der Waals surface area contributed by atoms with Crippen molar-refractivity contribution in [2.24, 2.45) is 5.73 Å². The molecule has 0 heterocycles. The molecule has 18 heavy (non-hydrogen) atoms. The Morgan fingerprint density at radius 1 is 1.56 bits per heavy atom. The number of hydrogen-bond donors (Lipinski definition) is 1. The fourth-order valence-electron chi connectivity index (χ4n) is 1.69. The molecule has 0 saturated heterocycles. The molecule has 0 bridgehead atoms. The Hall–Kier alpha value is -1.62. The number of nitrogens with zero attached hydrogens (tertiary/aromatic N) is 1. The van der Waals surface area contributed by atoms with Gasteiger partial charge in [0.25, 0.3) is 5.91 Å². The second-order valence-electron chi connectivity index (χ2n) is 4.16. The first-order valence-electron chi connectivity index (χ1n) is 5.82. The molecule has 1 amide bonds. The maximum Gasteiger partial charge on any atom is 0.260 e. The molecule has 0 fully saturated rings. The van der Waals surface area contributed by atoms with E-state index in [1.165, 1.54) is 24.1 Å². The molecule has 4 nitrogen and oxygen atoms in total. The van der Waals surface area contributed by atoms with Crippen LogP contribution in [-0.4, -0.2) is 37.6 Å². The average Bonchev–Trinajstić information content (AvgIpc) is 2.36. The number of nitrogens with two attached hydrogens (primary N) is 1. The van der Waals surface area contributed by atoms with Crippen LogP contribution in [0.2, 0.25) is 0 Å². The van der Waals surface area contributed by atoms with E-state index >= 15 is 0 Å². The van der Waals surface area contributed by atoms with Crippen LogP contribution in [0.3, 0.4) is 0 Å². The molecular weight excluding hydrogens is 235 g/mol. The van der Waals surface area contributed by atoms with Crippen LogP contribution in [-0.2, 0) is 0 Å². The maximum atomic E-state index is 13.7. The van der Waals surface area contributed by atoms with Gasteiger partial charge in [-0.1, -0.05) is 6.07 Å². The summed E-state index contributed by atoms with van der Waals surface area (Å²) >= 11 is 0. The van der Waals surface area contributed by atoms with Gasteiger partial charge in [-0.05, 0) is 32.0 Å². The third-order valence-corrected chi connectivity index (χ3v) is 2.98. The molecule has 1 atom stereocenters. The van der Waals surface area contributed by atoms with Crippen molar-refractivity contribution < 1.29 is 13.9 Å². The van der Waals surface area contributed by atoms with Crippen LogP contribution in [0.4, 0.5) is 4.39 Å². The van der Waals surface area contributed by atoms with Crippen LogP contribution in [0.25, 0.3) is 0 Å². The first-order valence-corrected chi connectivity index (χ1v) is 5.82. The molecule has 2 N–H and O–H groups in total. The first kappa shape index (κ1) is 14.4. The monoisotopic (exact) mass is 254 g/mol. The first-order chi connectivity index (χ1) is 8.52. The number of carbonyl (C=O) groups is 1. The zero-order chi connectivity index (χ0) is 13.7. The quantitative estimate of drug-likeness (QED) is 0.869. The Morgan fingerprint density at radius 2 is 2.22 bits per heavy atom. The van der Waals surface area contributed by atoms with E-state index in [0.29, 0.717) is 13.0 Å². The van der Waals surface area contributed by atoms with E-state index in [0.717, 1.165) is 0 Å². The minimum atomic E-state index is -0.578. The van der Waals surface area contributed by atoms with Gasteiger partial charge in [0.2, 0.25) is 0 Å². The lowest BCUT2D eigenvalue weighted by Gasteiger charge is -2.25. The van der Waals surface area contributed by atoms with E-state index in [1.807, 2.05) is 6.92 Å². The number of methoxy groups -OCH3 is 1. The molecule has 0 aromatic heterocycles. The summed E-state index contributed by atoms with van der Waals surface area (Å²) in [5, 5.41) is 0. The van der Waals surface area contributed by atoms with Gasteiger partial charge in [-0.3, -0.25) is 4.79 Å². The smallest absolute Gasteiger partial charge is 0.260 e. The van der Waals surface area contributed by atoms with Crippen molar-refractivity contribution in [3.8, 4) is 5.75 Å². The van der Waals surface area contributed by atoms with Gasteiger partial charge in [-0.2, -0.15) is 0 Å². The highest BCUT2D eigenvalue weighted by Gasteiger charge is 2.23. The van der Waals surface area contributed by atoms with Crippen molar-refractivity contribution in [3.63, 3.8) is 0 Å². The minimum absolute atomic E-state index is 0.0358. The second-order valence-corrected chi connectivity index (χ2v) is 4.16. The van der Waals surface area contributed by atoms with Crippen LogP contribution in [0.15, 0.2) is 18.2 Å². The van der Waals surface area contributed by atoms with Crippen molar-refractivity contribution in [2.45, 2.75) is 19.4 Å². The summed E-state index contributed by atoms with van der Waals surface area (Å²) in [5.74, 6) is -0.733. The summed E-state index contributed by atoms with van der Waals surface area (Å²) in [4.78, 5) is 13.7. The van der Waals surface area contributed by atoms with Crippen molar-refractivity contribution in [2.75, 3.05) is 20.7 Å². The zero-order valence-electron chi connectivity index (χ0n) is 10.9. The normalized spacial score (nSPS) is 12.1. The number of halogens is 1. The van der Waals surface area contributed by atoms with Gasteiger partial charge in [0.1, 0.15) is 17.1 Å². The Bertz CT molecular complexity index is 423. The molecule has 0 aliphatic heterocycles. The van der Waals surface area contributed by atoms with Gasteiger partial charge in [0.05, 0.1) is 7.11 Å². The zero-order valence-corrected chi connectivity index (χ0v) is 10.9. The molecule has 0 aliphatic carbocycles. The van der Waals surface area contributed by atoms with Crippen molar-refractivity contribution >= 4 is 5.91 Å². The van der Waals surface area contributed by atoms with Crippen LogP contribution in [0.5, 0.6) is 5.75 Å². The number of carbonyl (C=O) groups excluding carboxylic acids is 1. The molecule has 100 valence electrons. The standard InChI is InChI=1S/C13H19FN2O2/c1-9(7-8-15)16(2)13(17)12-10(14)5-4-6-11(12)18-3/h4-6,9H,7-8,15H2,1-3H3. The highest BCUT2D eigenvalue weighted by atomic mass is 19.1. The number of ether oxygens (including phenoxy) is 1. The highest BCUT2D eigenvalue weighted by molar-refractivity contribution is 5.97. The number of rotatable bonds is 5. The molecule has 1 rings (SSSR count). The third-order valence-electron chi connectivity index (χ3n) is 2.98. The Balaban J connectivity index is 3.03. The molecule has 1 unspecified atom stereocenters. The lowest BCUT2D eigenvalue weighted by atomic mass is 10.1. The fraction of sp³-hybridized carbons (Fsp3) is 0.462. The largest absolute Gasteiger partial charge is 0.496 e. The van der Waals surface area contributed by atoms with Crippen molar-refractivity contribution in [1.29, 1.82) is 0 Å². The van der Waals surface area contributed by atoms with Gasteiger partial charge in [-0.15, -0.1) is 0 Å². The van der Waals surface area contributed by atoms with Gasteiger partial charge >= 0.3 is 0 Å². The molecule has 0 spiro atoms. The minimum Gasteiger partial charge on any atom is -0.496 e. The van der Waals surface area contributed by atoms with E-state index < -0.39 is 11.7 Å². The summed E-state index contributed by atoms with van der Waals surface area (Å²) in [5.41, 5.74) is 5.42. The van der Waals surface area contributed by atoms with Gasteiger partial charge in [0, 0.05) is 13.1 Å². The van der Waals surface area contributed by atoms with Crippen LogP contribution >= 0.6 is 0 Å². The Labute approximate surface area is 107 Å². The molecule has 0 aliphatic rings. The van der Waals surface area contributed by atoms with Crippen molar-refractivity contribution in [3.05, 3.63) is 29.6 Å². The summed E-state index contributed by atoms with van der Waals surface area (Å²) in [7, 11) is 3.05. The van der Waals surface area contributed by atoms with E-state index in [4.69, 9.17) is 10.5 Å². The number of amides is 1. The lowest BCUT2D eigenvalue weighted by Crippen LogP contribution is -2.37. The third kappa shape index (κ3) is 2.98. The summed E-state index contributed by atoms with van der Waals surface area (Å²) in [6.45, 7) is 2.35. The fourth-order valence-corrected chi connectivity index (χ4v) is 1.69. The van der Waals surface area contributed by atoms with Crippen molar-refractivity contribution in [1.82, 2.24) is 4.90 Å². The summed E-state index contributed by atoms with van der Waals surface area (Å²) < 4.78 is 18.8. The lowest BCUT2D eigenvalue weighted by molar-refractivity contribution is 0.0730. The van der Waals surface area contributed by atoms with Gasteiger partial charge < -0.3 is 15.4 Å². The number of hydrogen-bond acceptors (Lipinski definition) is 3. The molecule has 1 aromatic rings. The van der Waals surface area contributed by atoms with E-state index in [1.54, 1.807) is 13.1 Å². The maximum absolute atomic E-state index is 13.7. The predicted molar refractivity (Wildman–Crippen MR) is 68.2 cm³/mol. The molecule has 0 radical (unpaired) electrons. The van der Waals surface area contributed by atoms with E-state index in [-0.39, 0.29) is 17.4 Å². The molecule has 5 heteroatoms. The Morgan fingerprint density at radius 3 is 2.78 bits per heavy atom. The Kier molecular flexibility index (Phi) is 5.09. The van der Waals surface area contributed by atoms with Gasteiger partial charge in [-0.25, -0.2) is 4.39 Å². The predicted octanol–water partition coefficient (Wildman–Crippen LogP) is 1.64. The average molecular weight is 254 g/mol. The van der Waals surface area contributed by atoms with Crippen LogP contribution < -0.4 is 10.5 Å². The highest BCUT2D eigenvalue weighted by Crippen LogP contribution is 2.23. The van der Waals surface area contributed by atoms with Crippen LogP contribution in [0, 0.1) is 5.82 Å².